The maximum atomic E-state index is 13.7. The van der Waals surface area contributed by atoms with Gasteiger partial charge in [0.25, 0.3) is 0 Å². The highest BCUT2D eigenvalue weighted by atomic mass is 32.2. The van der Waals surface area contributed by atoms with Crippen molar-refractivity contribution >= 4 is 17.7 Å². The molecule has 2 fully saturated rings. The molecular weight excluding hydrogens is 342 g/mol. The number of aryl methyl sites for hydroxylation is 1. The smallest absolute Gasteiger partial charge is 0.230 e. The van der Waals surface area contributed by atoms with Gasteiger partial charge in [-0.3, -0.25) is 4.79 Å². The lowest BCUT2D eigenvalue weighted by Crippen LogP contribution is -2.52. The second-order valence-electron chi connectivity index (χ2n) is 7.32. The topological polar surface area (TPSA) is 23.6 Å². The molecule has 3 nitrogen and oxygen atoms in total. The largest absolute Gasteiger partial charge is 0.336 e. The summed E-state index contributed by atoms with van der Waals surface area (Å²) in [5, 5.41) is 0. The number of carbonyl (C=O) groups excluding carboxylic acids is 1. The molecule has 1 aromatic carbocycles. The van der Waals surface area contributed by atoms with E-state index < -0.39 is 11.6 Å². The average molecular weight is 366 g/mol. The third kappa shape index (κ3) is 3.43. The number of fused-ring (bicyclic) bond motifs is 1. The van der Waals surface area contributed by atoms with Crippen molar-refractivity contribution in [1.29, 1.82) is 0 Å². The molecule has 2 atom stereocenters. The van der Waals surface area contributed by atoms with E-state index in [1.54, 1.807) is 0 Å². The van der Waals surface area contributed by atoms with Crippen molar-refractivity contribution in [2.45, 2.75) is 37.6 Å². The van der Waals surface area contributed by atoms with E-state index in [2.05, 4.69) is 4.90 Å². The fourth-order valence-electron chi connectivity index (χ4n) is 4.42. The van der Waals surface area contributed by atoms with Crippen LogP contribution in [0.1, 0.15) is 36.3 Å². The van der Waals surface area contributed by atoms with E-state index in [1.807, 2.05) is 16.7 Å². The Morgan fingerprint density at radius 3 is 2.72 bits per heavy atom. The van der Waals surface area contributed by atoms with Gasteiger partial charge in [-0.1, -0.05) is 0 Å². The molecule has 2 heterocycles. The quantitative estimate of drug-likeness (QED) is 0.822. The van der Waals surface area contributed by atoms with E-state index in [0.717, 1.165) is 43.2 Å². The van der Waals surface area contributed by atoms with Gasteiger partial charge in [0.2, 0.25) is 5.91 Å². The van der Waals surface area contributed by atoms with Gasteiger partial charge >= 0.3 is 0 Å². The molecule has 0 N–H and O–H groups in total. The third-order valence-electron chi connectivity index (χ3n) is 5.74. The summed E-state index contributed by atoms with van der Waals surface area (Å²) >= 11 is 1.91. The van der Waals surface area contributed by atoms with Crippen molar-refractivity contribution in [2.75, 3.05) is 37.7 Å². The predicted molar refractivity (Wildman–Crippen MR) is 95.9 cm³/mol. The van der Waals surface area contributed by atoms with E-state index >= 15 is 0 Å². The highest BCUT2D eigenvalue weighted by Gasteiger charge is 2.37. The summed E-state index contributed by atoms with van der Waals surface area (Å²) in [5.41, 5.74) is 1.49. The molecule has 2 saturated heterocycles. The van der Waals surface area contributed by atoms with Crippen LogP contribution in [0, 0.1) is 11.6 Å². The molecule has 136 valence electrons. The molecule has 25 heavy (non-hydrogen) atoms. The van der Waals surface area contributed by atoms with Gasteiger partial charge in [-0.25, -0.2) is 8.78 Å². The molecule has 1 amide bonds. The van der Waals surface area contributed by atoms with Crippen LogP contribution in [0.2, 0.25) is 0 Å². The van der Waals surface area contributed by atoms with Crippen LogP contribution in [0.25, 0.3) is 0 Å². The molecule has 0 radical (unpaired) electrons. The molecule has 0 aromatic heterocycles. The van der Waals surface area contributed by atoms with Crippen LogP contribution in [0.15, 0.2) is 12.1 Å². The lowest BCUT2D eigenvalue weighted by atomic mass is 9.98. The molecule has 3 aliphatic rings. The van der Waals surface area contributed by atoms with Crippen molar-refractivity contribution in [3.8, 4) is 0 Å². The van der Waals surface area contributed by atoms with Crippen LogP contribution in [0.5, 0.6) is 0 Å². The van der Waals surface area contributed by atoms with Gasteiger partial charge < -0.3 is 9.80 Å². The minimum absolute atomic E-state index is 0.106. The van der Waals surface area contributed by atoms with Crippen LogP contribution < -0.4 is 0 Å². The van der Waals surface area contributed by atoms with Crippen LogP contribution >= 0.6 is 11.8 Å². The van der Waals surface area contributed by atoms with Crippen molar-refractivity contribution in [3.05, 3.63) is 34.9 Å². The maximum Gasteiger partial charge on any atom is 0.230 e. The number of hydrogen-bond donors (Lipinski definition) is 0. The van der Waals surface area contributed by atoms with Gasteiger partial charge in [-0.05, 0) is 62.0 Å². The summed E-state index contributed by atoms with van der Waals surface area (Å²) in [7, 11) is 0. The fraction of sp³-hybridized carbons (Fsp3) is 0.632. The van der Waals surface area contributed by atoms with Crippen LogP contribution in [0.3, 0.4) is 0 Å². The Labute approximate surface area is 151 Å². The Kier molecular flexibility index (Phi) is 5.00. The Bertz CT molecular complexity index is 663. The zero-order valence-electron chi connectivity index (χ0n) is 14.3. The highest BCUT2D eigenvalue weighted by molar-refractivity contribution is 7.99. The molecule has 4 rings (SSSR count). The number of benzene rings is 1. The summed E-state index contributed by atoms with van der Waals surface area (Å²) in [6.45, 7) is 3.95. The number of halogens is 2. The molecular formula is C19H24F2N2OS. The minimum atomic E-state index is -0.846. The molecule has 1 aromatic rings. The van der Waals surface area contributed by atoms with Crippen molar-refractivity contribution < 1.29 is 13.6 Å². The van der Waals surface area contributed by atoms with Gasteiger partial charge in [-0.15, -0.1) is 0 Å². The van der Waals surface area contributed by atoms with Crippen LogP contribution in [-0.4, -0.2) is 59.4 Å². The lowest BCUT2D eigenvalue weighted by Gasteiger charge is -2.39. The standard InChI is InChI=1S/C19H24F2N2OS/c20-17-9-13-3-4-15(16(13)10-18(17)21)19(24)23-7-8-25-12-14(23)11-22-5-1-2-6-22/h9-10,14-15H,1-8,11-12H2. The normalized spacial score (nSPS) is 26.9. The first-order chi connectivity index (χ1) is 12.1. The minimum Gasteiger partial charge on any atom is -0.336 e. The van der Waals surface area contributed by atoms with Crippen LogP contribution in [-0.2, 0) is 11.2 Å². The number of likely N-dealkylation sites (tertiary alicyclic amines) is 1. The lowest BCUT2D eigenvalue weighted by molar-refractivity contribution is -0.135. The maximum absolute atomic E-state index is 13.7. The summed E-state index contributed by atoms with van der Waals surface area (Å²) in [6, 6.07) is 2.75. The first-order valence-corrected chi connectivity index (χ1v) is 10.4. The van der Waals surface area contributed by atoms with Crippen molar-refractivity contribution in [2.24, 2.45) is 0 Å². The van der Waals surface area contributed by atoms with Crippen LogP contribution in [0.4, 0.5) is 8.78 Å². The highest BCUT2D eigenvalue weighted by Crippen LogP contribution is 2.37. The second kappa shape index (κ2) is 7.23. The van der Waals surface area contributed by atoms with E-state index in [4.69, 9.17) is 0 Å². The van der Waals surface area contributed by atoms with Crippen molar-refractivity contribution in [3.63, 3.8) is 0 Å². The molecule has 0 saturated carbocycles. The molecule has 0 bridgehead atoms. The molecule has 6 heteroatoms. The summed E-state index contributed by atoms with van der Waals surface area (Å²) in [6.07, 6.45) is 3.81. The summed E-state index contributed by atoms with van der Waals surface area (Å²) in [4.78, 5) is 17.7. The second-order valence-corrected chi connectivity index (χ2v) is 8.47. The Balaban J connectivity index is 1.52. The fourth-order valence-corrected chi connectivity index (χ4v) is 5.47. The number of carbonyl (C=O) groups is 1. The Morgan fingerprint density at radius 2 is 1.92 bits per heavy atom. The van der Waals surface area contributed by atoms with E-state index in [1.165, 1.54) is 25.0 Å². The first-order valence-electron chi connectivity index (χ1n) is 9.22. The number of rotatable bonds is 3. The molecule has 0 spiro atoms. The van der Waals surface area contributed by atoms with Gasteiger partial charge in [0.1, 0.15) is 0 Å². The molecule has 2 aliphatic heterocycles. The number of nitrogens with zero attached hydrogens (tertiary/aromatic N) is 2. The monoisotopic (exact) mass is 366 g/mol. The number of thioether (sulfide) groups is 1. The number of hydrogen-bond acceptors (Lipinski definition) is 3. The Morgan fingerprint density at radius 1 is 1.16 bits per heavy atom. The zero-order chi connectivity index (χ0) is 17.4. The average Bonchev–Trinajstić information content (AvgIpc) is 3.25. The summed E-state index contributed by atoms with van der Waals surface area (Å²) in [5.74, 6) is 0.0667. The van der Waals surface area contributed by atoms with E-state index in [-0.39, 0.29) is 17.9 Å². The van der Waals surface area contributed by atoms with E-state index in [9.17, 15) is 13.6 Å². The SMILES string of the molecule is O=C(C1CCc2cc(F)c(F)cc21)N1CCSCC1CN1CCCC1. The predicted octanol–water partition coefficient (Wildman–Crippen LogP) is 3.03. The van der Waals surface area contributed by atoms with Gasteiger partial charge in [0.05, 0.1) is 12.0 Å². The van der Waals surface area contributed by atoms with Gasteiger partial charge in [0.15, 0.2) is 11.6 Å². The zero-order valence-corrected chi connectivity index (χ0v) is 15.2. The number of amides is 1. The molecule has 1 aliphatic carbocycles. The van der Waals surface area contributed by atoms with Crippen molar-refractivity contribution in [1.82, 2.24) is 9.80 Å². The third-order valence-corrected chi connectivity index (χ3v) is 6.83. The van der Waals surface area contributed by atoms with Gasteiger partial charge in [-0.2, -0.15) is 11.8 Å². The summed E-state index contributed by atoms with van der Waals surface area (Å²) < 4.78 is 27.2. The Hall–Kier alpha value is -1.14. The van der Waals surface area contributed by atoms with Gasteiger partial charge in [0, 0.05) is 24.6 Å². The van der Waals surface area contributed by atoms with E-state index in [0.29, 0.717) is 18.4 Å². The molecule has 2 unspecified atom stereocenters. The first kappa shape index (κ1) is 17.3.